The Balaban J connectivity index is 2.99. The molecule has 1 aromatic rings. The monoisotopic (exact) mass is 268 g/mol. The molecular weight excluding hydrogens is 248 g/mol. The summed E-state index contributed by atoms with van der Waals surface area (Å²) in [7, 11) is 1.73. The van der Waals surface area contributed by atoms with Crippen LogP contribution in [0, 0.1) is 10.1 Å². The van der Waals surface area contributed by atoms with E-state index in [0.717, 1.165) is 0 Å². The Kier molecular flexibility index (Phi) is 5.50. The van der Waals surface area contributed by atoms with Gasteiger partial charge in [-0.25, -0.2) is 4.98 Å². The van der Waals surface area contributed by atoms with E-state index >= 15 is 0 Å². The molecule has 0 spiro atoms. The molecule has 0 amide bonds. The minimum Gasteiger partial charge on any atom is -0.393 e. The summed E-state index contributed by atoms with van der Waals surface area (Å²) in [5.74, 6) is 0.913. The second-order valence-corrected chi connectivity index (χ2v) is 4.39. The average Bonchev–Trinajstić information content (AvgIpc) is 2.36. The normalized spacial score (nSPS) is 12.0. The number of hydrogen-bond acceptors (Lipinski definition) is 6. The van der Waals surface area contributed by atoms with E-state index in [1.54, 1.807) is 24.9 Å². The molecule has 0 saturated carbocycles. The zero-order chi connectivity index (χ0) is 14.4. The first-order valence-electron chi connectivity index (χ1n) is 6.24. The molecule has 19 heavy (non-hydrogen) atoms. The van der Waals surface area contributed by atoms with Gasteiger partial charge >= 0.3 is 5.69 Å². The molecule has 0 bridgehead atoms. The first-order chi connectivity index (χ1) is 8.95. The lowest BCUT2D eigenvalue weighted by Gasteiger charge is -2.19. The van der Waals surface area contributed by atoms with Crippen molar-refractivity contribution < 1.29 is 10.0 Å². The van der Waals surface area contributed by atoms with Crippen molar-refractivity contribution in [2.45, 2.75) is 26.4 Å². The Morgan fingerprint density at radius 1 is 1.58 bits per heavy atom. The van der Waals surface area contributed by atoms with Crippen molar-refractivity contribution in [1.29, 1.82) is 0 Å². The fourth-order valence-electron chi connectivity index (χ4n) is 1.63. The number of aliphatic hydroxyl groups excluding tert-OH is 1. The molecule has 0 aromatic carbocycles. The summed E-state index contributed by atoms with van der Waals surface area (Å²) in [5, 5.41) is 23.3. The lowest BCUT2D eigenvalue weighted by molar-refractivity contribution is -0.384. The summed E-state index contributed by atoms with van der Waals surface area (Å²) in [6.07, 6.45) is 0.0827. The molecule has 0 aliphatic carbocycles. The number of nitro groups is 1. The fraction of sp³-hybridized carbons (Fsp3) is 0.583. The third kappa shape index (κ3) is 4.36. The van der Waals surface area contributed by atoms with Crippen LogP contribution in [0.2, 0.25) is 0 Å². The maximum Gasteiger partial charge on any atom is 0.311 e. The van der Waals surface area contributed by atoms with Gasteiger partial charge in [0.1, 0.15) is 5.82 Å². The highest BCUT2D eigenvalue weighted by atomic mass is 16.6. The average molecular weight is 268 g/mol. The van der Waals surface area contributed by atoms with Crippen molar-refractivity contribution in [3.63, 3.8) is 0 Å². The van der Waals surface area contributed by atoms with E-state index in [2.05, 4.69) is 10.3 Å². The highest BCUT2D eigenvalue weighted by Gasteiger charge is 2.19. The Bertz CT molecular complexity index is 437. The maximum atomic E-state index is 11.0. The fourth-order valence-corrected chi connectivity index (χ4v) is 1.63. The molecular formula is C12H20N4O3. The van der Waals surface area contributed by atoms with Crippen LogP contribution in [-0.4, -0.2) is 41.3 Å². The molecule has 0 fully saturated rings. The summed E-state index contributed by atoms with van der Waals surface area (Å²) in [6.45, 7) is 4.81. The molecule has 1 heterocycles. The molecule has 1 aromatic heterocycles. The largest absolute Gasteiger partial charge is 0.393 e. The van der Waals surface area contributed by atoms with Gasteiger partial charge in [-0.2, -0.15) is 0 Å². The molecule has 7 nitrogen and oxygen atoms in total. The van der Waals surface area contributed by atoms with Crippen LogP contribution in [0.4, 0.5) is 17.3 Å². The van der Waals surface area contributed by atoms with Crippen molar-refractivity contribution in [1.82, 2.24) is 4.98 Å². The zero-order valence-electron chi connectivity index (χ0n) is 11.5. The predicted molar refractivity (Wildman–Crippen MR) is 74.6 cm³/mol. The molecule has 1 unspecified atom stereocenters. The minimum atomic E-state index is -0.447. The number of nitrogens with zero attached hydrogens (tertiary/aromatic N) is 3. The molecule has 2 N–H and O–H groups in total. The van der Waals surface area contributed by atoms with Crippen LogP contribution in [0.15, 0.2) is 12.1 Å². The summed E-state index contributed by atoms with van der Waals surface area (Å²) in [4.78, 5) is 16.5. The topological polar surface area (TPSA) is 91.5 Å². The molecule has 1 rings (SSSR count). The molecule has 0 radical (unpaired) electrons. The first kappa shape index (κ1) is 15.2. The Morgan fingerprint density at radius 2 is 2.26 bits per heavy atom. The van der Waals surface area contributed by atoms with E-state index in [0.29, 0.717) is 31.1 Å². The van der Waals surface area contributed by atoms with Crippen LogP contribution >= 0.6 is 0 Å². The smallest absolute Gasteiger partial charge is 0.311 e. The molecule has 1 atom stereocenters. The Labute approximate surface area is 112 Å². The standard InChI is InChI=1S/C12H20N4O3/c1-4-13-11-6-5-10(16(18)19)12(14-11)15(3)8-7-9(2)17/h5-6,9,17H,4,7-8H2,1-3H3,(H,13,14). The third-order valence-electron chi connectivity index (χ3n) is 2.65. The van der Waals surface area contributed by atoms with Crippen LogP contribution in [0.25, 0.3) is 0 Å². The zero-order valence-corrected chi connectivity index (χ0v) is 11.5. The van der Waals surface area contributed by atoms with E-state index < -0.39 is 11.0 Å². The summed E-state index contributed by atoms with van der Waals surface area (Å²) < 4.78 is 0. The number of nitrogens with one attached hydrogen (secondary N) is 1. The SMILES string of the molecule is CCNc1ccc([N+](=O)[O-])c(N(C)CCC(C)O)n1. The quantitative estimate of drug-likeness (QED) is 0.577. The van der Waals surface area contributed by atoms with E-state index in [-0.39, 0.29) is 5.69 Å². The lowest BCUT2D eigenvalue weighted by Crippen LogP contribution is -2.24. The van der Waals surface area contributed by atoms with Gasteiger partial charge in [0.15, 0.2) is 0 Å². The second-order valence-electron chi connectivity index (χ2n) is 4.39. The number of aliphatic hydroxyl groups is 1. The van der Waals surface area contributed by atoms with Crippen molar-refractivity contribution in [2.24, 2.45) is 0 Å². The summed E-state index contributed by atoms with van der Waals surface area (Å²) in [6, 6.07) is 3.03. The molecule has 0 aliphatic heterocycles. The predicted octanol–water partition coefficient (Wildman–Crippen LogP) is 1.63. The maximum absolute atomic E-state index is 11.0. The molecule has 7 heteroatoms. The van der Waals surface area contributed by atoms with Crippen molar-refractivity contribution in [3.05, 3.63) is 22.2 Å². The van der Waals surface area contributed by atoms with Crippen molar-refractivity contribution in [2.75, 3.05) is 30.4 Å². The van der Waals surface area contributed by atoms with Crippen LogP contribution in [0.1, 0.15) is 20.3 Å². The van der Waals surface area contributed by atoms with Gasteiger partial charge in [-0.05, 0) is 26.3 Å². The van der Waals surface area contributed by atoms with Gasteiger partial charge in [-0.3, -0.25) is 10.1 Å². The third-order valence-corrected chi connectivity index (χ3v) is 2.65. The number of anilines is 2. The van der Waals surface area contributed by atoms with Gasteiger partial charge in [-0.15, -0.1) is 0 Å². The number of rotatable bonds is 7. The highest BCUT2D eigenvalue weighted by molar-refractivity contribution is 5.61. The van der Waals surface area contributed by atoms with Crippen molar-refractivity contribution >= 4 is 17.3 Å². The number of hydrogen-bond donors (Lipinski definition) is 2. The summed E-state index contributed by atoms with van der Waals surface area (Å²) in [5.41, 5.74) is -0.0326. The minimum absolute atomic E-state index is 0.0326. The molecule has 0 aliphatic rings. The highest BCUT2D eigenvalue weighted by Crippen LogP contribution is 2.27. The molecule has 0 saturated heterocycles. The van der Waals surface area contributed by atoms with Crippen LogP contribution < -0.4 is 10.2 Å². The van der Waals surface area contributed by atoms with Crippen LogP contribution in [0.3, 0.4) is 0 Å². The number of pyridine rings is 1. The van der Waals surface area contributed by atoms with E-state index in [1.165, 1.54) is 6.07 Å². The number of aromatic nitrogens is 1. The van der Waals surface area contributed by atoms with Gasteiger partial charge < -0.3 is 15.3 Å². The summed E-state index contributed by atoms with van der Waals surface area (Å²) >= 11 is 0. The van der Waals surface area contributed by atoms with Crippen LogP contribution in [0.5, 0.6) is 0 Å². The first-order valence-corrected chi connectivity index (χ1v) is 6.24. The van der Waals surface area contributed by atoms with Crippen molar-refractivity contribution in [3.8, 4) is 0 Å². The van der Waals surface area contributed by atoms with Gasteiger partial charge in [0.2, 0.25) is 5.82 Å². The second kappa shape index (κ2) is 6.89. The lowest BCUT2D eigenvalue weighted by atomic mass is 10.2. The van der Waals surface area contributed by atoms with Gasteiger partial charge in [0.05, 0.1) is 11.0 Å². The van der Waals surface area contributed by atoms with Gasteiger partial charge in [0, 0.05) is 26.2 Å². The van der Waals surface area contributed by atoms with E-state index in [1.807, 2.05) is 6.92 Å². The Hall–Kier alpha value is -1.89. The van der Waals surface area contributed by atoms with Gasteiger partial charge in [-0.1, -0.05) is 0 Å². The van der Waals surface area contributed by atoms with E-state index in [4.69, 9.17) is 0 Å². The van der Waals surface area contributed by atoms with E-state index in [9.17, 15) is 15.2 Å². The molecule has 106 valence electrons. The Morgan fingerprint density at radius 3 is 2.79 bits per heavy atom. The van der Waals surface area contributed by atoms with Crippen LogP contribution in [-0.2, 0) is 0 Å². The van der Waals surface area contributed by atoms with Gasteiger partial charge in [0.25, 0.3) is 0 Å².